The fraction of sp³-hybridized carbons (Fsp3) is 0.625. The molecule has 1 atom stereocenters. The molecule has 1 aromatic carbocycles. The molecule has 1 fully saturated rings. The Balaban J connectivity index is 2.21. The van der Waals surface area contributed by atoms with E-state index in [0.29, 0.717) is 5.56 Å². The zero-order chi connectivity index (χ0) is 23.7. The third-order valence-corrected chi connectivity index (χ3v) is 5.35. The summed E-state index contributed by atoms with van der Waals surface area (Å²) in [5.41, 5.74) is 0.997. The summed E-state index contributed by atoms with van der Waals surface area (Å²) in [6.07, 6.45) is 4.42. The van der Waals surface area contributed by atoms with Gasteiger partial charge in [-0.05, 0) is 46.1 Å². The van der Waals surface area contributed by atoms with E-state index in [0.717, 1.165) is 31.2 Å². The van der Waals surface area contributed by atoms with E-state index >= 15 is 0 Å². The first-order chi connectivity index (χ1) is 15.1. The minimum Gasteiger partial charge on any atom is -0.444 e. The minimum atomic E-state index is -0.905. The van der Waals surface area contributed by atoms with Crippen molar-refractivity contribution in [3.05, 3.63) is 35.4 Å². The van der Waals surface area contributed by atoms with Gasteiger partial charge in [0.05, 0.1) is 6.61 Å². The van der Waals surface area contributed by atoms with Crippen LogP contribution < -0.4 is 10.6 Å². The summed E-state index contributed by atoms with van der Waals surface area (Å²) in [5, 5.41) is 15.2. The molecule has 3 amide bonds. The molecule has 0 radical (unpaired) electrons. The zero-order valence-electron chi connectivity index (χ0n) is 19.6. The largest absolute Gasteiger partial charge is 0.444 e. The highest BCUT2D eigenvalue weighted by atomic mass is 16.6. The molecule has 0 saturated heterocycles. The molecule has 32 heavy (non-hydrogen) atoms. The number of carbonyl (C=O) groups is 3. The maximum atomic E-state index is 13.3. The number of aliphatic hydroxyl groups is 1. The van der Waals surface area contributed by atoms with Crippen LogP contribution >= 0.6 is 0 Å². The number of benzene rings is 1. The van der Waals surface area contributed by atoms with Crippen LogP contribution in [-0.2, 0) is 14.3 Å². The van der Waals surface area contributed by atoms with Gasteiger partial charge in [0.2, 0.25) is 11.8 Å². The second-order valence-electron chi connectivity index (χ2n) is 9.32. The Morgan fingerprint density at radius 1 is 1.12 bits per heavy atom. The zero-order valence-corrected chi connectivity index (χ0v) is 19.6. The average Bonchev–Trinajstić information content (AvgIpc) is 2.72. The number of rotatable bonds is 8. The van der Waals surface area contributed by atoms with Crippen molar-refractivity contribution in [3.8, 4) is 0 Å². The van der Waals surface area contributed by atoms with Gasteiger partial charge in [-0.2, -0.15) is 0 Å². The summed E-state index contributed by atoms with van der Waals surface area (Å²) in [5.74, 6) is -0.755. The Hall–Kier alpha value is -2.61. The molecule has 3 N–H and O–H groups in total. The van der Waals surface area contributed by atoms with Gasteiger partial charge in [0.1, 0.15) is 18.2 Å². The highest BCUT2D eigenvalue weighted by Gasteiger charge is 2.32. The van der Waals surface area contributed by atoms with Crippen molar-refractivity contribution in [2.75, 3.05) is 19.7 Å². The molecule has 1 aliphatic carbocycles. The quantitative estimate of drug-likeness (QED) is 0.568. The third kappa shape index (κ3) is 8.15. The van der Waals surface area contributed by atoms with Gasteiger partial charge in [-0.1, -0.05) is 49.1 Å². The van der Waals surface area contributed by atoms with E-state index in [4.69, 9.17) is 4.74 Å². The number of nitrogens with zero attached hydrogens (tertiary/aromatic N) is 1. The molecule has 0 aliphatic heterocycles. The fourth-order valence-corrected chi connectivity index (χ4v) is 3.82. The van der Waals surface area contributed by atoms with Crippen molar-refractivity contribution in [1.82, 2.24) is 15.5 Å². The summed E-state index contributed by atoms with van der Waals surface area (Å²) in [4.78, 5) is 39.7. The van der Waals surface area contributed by atoms with Gasteiger partial charge < -0.3 is 25.4 Å². The van der Waals surface area contributed by atoms with Gasteiger partial charge in [-0.3, -0.25) is 9.59 Å². The monoisotopic (exact) mass is 447 g/mol. The number of nitrogens with one attached hydrogen (secondary N) is 2. The lowest BCUT2D eigenvalue weighted by Gasteiger charge is -2.33. The van der Waals surface area contributed by atoms with Crippen LogP contribution in [0.1, 0.15) is 70.0 Å². The number of aliphatic hydroxyl groups excluding tert-OH is 1. The van der Waals surface area contributed by atoms with Crippen LogP contribution in [0, 0.1) is 6.92 Å². The van der Waals surface area contributed by atoms with Crippen molar-refractivity contribution >= 4 is 17.9 Å². The number of alkyl carbamates (subject to hydrolysis) is 1. The Morgan fingerprint density at radius 2 is 1.75 bits per heavy atom. The van der Waals surface area contributed by atoms with Crippen LogP contribution in [0.2, 0.25) is 0 Å². The van der Waals surface area contributed by atoms with Crippen LogP contribution in [0.25, 0.3) is 0 Å². The average molecular weight is 448 g/mol. The van der Waals surface area contributed by atoms with Gasteiger partial charge in [-0.25, -0.2) is 4.79 Å². The summed E-state index contributed by atoms with van der Waals surface area (Å²) in [7, 11) is 0. The first kappa shape index (κ1) is 25.6. The van der Waals surface area contributed by atoms with E-state index in [-0.39, 0.29) is 31.6 Å². The molecule has 0 bridgehead atoms. The molecular weight excluding hydrogens is 410 g/mol. The summed E-state index contributed by atoms with van der Waals surface area (Å²) >= 11 is 0. The Labute approximate surface area is 190 Å². The molecule has 0 heterocycles. The molecule has 0 aromatic heterocycles. The second-order valence-corrected chi connectivity index (χ2v) is 9.32. The Morgan fingerprint density at radius 3 is 2.31 bits per heavy atom. The van der Waals surface area contributed by atoms with E-state index in [1.165, 1.54) is 11.3 Å². The molecule has 1 aliphatic rings. The van der Waals surface area contributed by atoms with E-state index in [1.54, 1.807) is 20.8 Å². The van der Waals surface area contributed by atoms with Gasteiger partial charge in [-0.15, -0.1) is 0 Å². The molecule has 8 heteroatoms. The van der Waals surface area contributed by atoms with Crippen LogP contribution in [0.5, 0.6) is 0 Å². The Bertz CT molecular complexity index is 767. The maximum Gasteiger partial charge on any atom is 0.408 e. The van der Waals surface area contributed by atoms with Crippen molar-refractivity contribution in [1.29, 1.82) is 0 Å². The van der Waals surface area contributed by atoms with E-state index in [1.807, 2.05) is 31.2 Å². The summed E-state index contributed by atoms with van der Waals surface area (Å²) in [6, 6.07) is 6.58. The lowest BCUT2D eigenvalue weighted by molar-refractivity contribution is -0.141. The van der Waals surface area contributed by atoms with E-state index < -0.39 is 23.6 Å². The number of hydrogen-bond donors (Lipinski definition) is 3. The molecule has 2 rings (SSSR count). The highest BCUT2D eigenvalue weighted by molar-refractivity contribution is 5.90. The summed E-state index contributed by atoms with van der Waals surface area (Å²) < 4.78 is 5.18. The molecule has 0 spiro atoms. The van der Waals surface area contributed by atoms with Crippen LogP contribution in [-0.4, -0.2) is 59.3 Å². The molecular formula is C24H37N3O5. The standard InChI is InChI=1S/C24H37N3O5/c1-17-10-12-18(13-11-17)21(22(30)26-19-8-6-5-7-9-19)27(14-15-28)20(29)16-25-23(31)32-24(2,3)4/h10-13,19,21,28H,5-9,14-16H2,1-4H3,(H,25,31)(H,26,30). The van der Waals surface area contributed by atoms with Gasteiger partial charge in [0.15, 0.2) is 0 Å². The van der Waals surface area contributed by atoms with Crippen LogP contribution in [0.4, 0.5) is 4.79 Å². The number of hydrogen-bond acceptors (Lipinski definition) is 5. The second kappa shape index (κ2) is 11.9. The van der Waals surface area contributed by atoms with Gasteiger partial charge >= 0.3 is 6.09 Å². The SMILES string of the molecule is Cc1ccc(C(C(=O)NC2CCCCC2)N(CCO)C(=O)CNC(=O)OC(C)(C)C)cc1. The topological polar surface area (TPSA) is 108 Å². The van der Waals surface area contributed by atoms with Crippen molar-refractivity contribution in [2.24, 2.45) is 0 Å². The number of amides is 3. The maximum absolute atomic E-state index is 13.3. The summed E-state index contributed by atoms with van der Waals surface area (Å²) in [6.45, 7) is 6.46. The van der Waals surface area contributed by atoms with Crippen molar-refractivity contribution in [3.63, 3.8) is 0 Å². The van der Waals surface area contributed by atoms with Crippen molar-refractivity contribution < 1.29 is 24.2 Å². The highest BCUT2D eigenvalue weighted by Crippen LogP contribution is 2.24. The first-order valence-electron chi connectivity index (χ1n) is 11.3. The number of carbonyl (C=O) groups excluding carboxylic acids is 3. The van der Waals surface area contributed by atoms with Gasteiger partial charge in [0.25, 0.3) is 0 Å². The number of aryl methyl sites for hydroxylation is 1. The van der Waals surface area contributed by atoms with Gasteiger partial charge in [0, 0.05) is 12.6 Å². The predicted octanol–water partition coefficient (Wildman–Crippen LogP) is 2.83. The lowest BCUT2D eigenvalue weighted by Crippen LogP contribution is -2.50. The number of ether oxygens (including phenoxy) is 1. The lowest BCUT2D eigenvalue weighted by atomic mass is 9.94. The predicted molar refractivity (Wildman–Crippen MR) is 122 cm³/mol. The normalized spacial score (nSPS) is 15.5. The van der Waals surface area contributed by atoms with E-state index in [2.05, 4.69) is 10.6 Å². The third-order valence-electron chi connectivity index (χ3n) is 5.35. The van der Waals surface area contributed by atoms with Crippen LogP contribution in [0.3, 0.4) is 0 Å². The fourth-order valence-electron chi connectivity index (χ4n) is 3.82. The minimum absolute atomic E-state index is 0.0362. The molecule has 1 unspecified atom stereocenters. The van der Waals surface area contributed by atoms with Crippen molar-refractivity contribution in [2.45, 2.75) is 77.5 Å². The first-order valence-corrected chi connectivity index (χ1v) is 11.3. The van der Waals surface area contributed by atoms with Crippen LogP contribution in [0.15, 0.2) is 24.3 Å². The molecule has 8 nitrogen and oxygen atoms in total. The van der Waals surface area contributed by atoms with E-state index in [9.17, 15) is 19.5 Å². The molecule has 1 aromatic rings. The molecule has 178 valence electrons. The smallest absolute Gasteiger partial charge is 0.408 e. The Kier molecular flexibility index (Phi) is 9.50. The molecule has 1 saturated carbocycles.